The van der Waals surface area contributed by atoms with E-state index in [0.717, 1.165) is 16.8 Å². The molecule has 1 aromatic carbocycles. The SMILES string of the molecule is Cc1nccc(Cl)c1-c1ccc(NC(=O)C(N)C2CCC(F)(F)CC2)cc1. The highest BCUT2D eigenvalue weighted by atomic mass is 35.5. The molecule has 3 N–H and O–H groups in total. The number of pyridine rings is 1. The van der Waals surface area contributed by atoms with Crippen LogP contribution in [0, 0.1) is 12.8 Å². The molecule has 1 aromatic heterocycles. The third kappa shape index (κ3) is 4.62. The standard InChI is InChI=1S/C20H22ClF2N3O/c1-12-17(16(21)8-11-25-12)13-2-4-15(5-3-13)26-19(27)18(24)14-6-9-20(22,23)10-7-14/h2-5,8,11,14,18H,6-7,9-10,24H2,1H3,(H,26,27). The van der Waals surface area contributed by atoms with Gasteiger partial charge in [0.05, 0.1) is 11.1 Å². The summed E-state index contributed by atoms with van der Waals surface area (Å²) in [6, 6.07) is 8.15. The number of amides is 1. The molecule has 1 saturated carbocycles. The van der Waals surface area contributed by atoms with Crippen LogP contribution in [0.3, 0.4) is 0 Å². The molecule has 2 aromatic rings. The Bertz CT molecular complexity index is 796. The van der Waals surface area contributed by atoms with Gasteiger partial charge < -0.3 is 11.1 Å². The first kappa shape index (κ1) is 19.7. The van der Waals surface area contributed by atoms with Gasteiger partial charge in [-0.15, -0.1) is 0 Å². The van der Waals surface area contributed by atoms with Gasteiger partial charge in [-0.25, -0.2) is 8.78 Å². The molecule has 1 amide bonds. The Morgan fingerprint density at radius 2 is 1.89 bits per heavy atom. The van der Waals surface area contributed by atoms with Crippen LogP contribution in [0.4, 0.5) is 14.5 Å². The number of halogens is 3. The van der Waals surface area contributed by atoms with Crippen LogP contribution in [0.1, 0.15) is 31.4 Å². The molecule has 0 bridgehead atoms. The molecule has 3 rings (SSSR count). The topological polar surface area (TPSA) is 68.0 Å². The maximum absolute atomic E-state index is 13.3. The molecule has 144 valence electrons. The van der Waals surface area contributed by atoms with Crippen LogP contribution in [0.15, 0.2) is 36.5 Å². The van der Waals surface area contributed by atoms with Crippen LogP contribution in [-0.2, 0) is 4.79 Å². The minimum atomic E-state index is -2.63. The van der Waals surface area contributed by atoms with Crippen molar-refractivity contribution in [1.82, 2.24) is 4.98 Å². The lowest BCUT2D eigenvalue weighted by atomic mass is 9.82. The second-order valence-corrected chi connectivity index (χ2v) is 7.45. The number of rotatable bonds is 4. The van der Waals surface area contributed by atoms with E-state index in [-0.39, 0.29) is 37.5 Å². The number of hydrogen-bond donors (Lipinski definition) is 2. The van der Waals surface area contributed by atoms with Gasteiger partial charge in [0.1, 0.15) is 0 Å². The number of carbonyl (C=O) groups excluding carboxylic acids is 1. The fourth-order valence-corrected chi connectivity index (χ4v) is 3.77. The van der Waals surface area contributed by atoms with Gasteiger partial charge in [0, 0.05) is 36.0 Å². The zero-order valence-electron chi connectivity index (χ0n) is 15.0. The van der Waals surface area contributed by atoms with Gasteiger partial charge in [-0.2, -0.15) is 0 Å². The van der Waals surface area contributed by atoms with Crippen LogP contribution in [0.25, 0.3) is 11.1 Å². The van der Waals surface area contributed by atoms with Crippen molar-refractivity contribution < 1.29 is 13.6 Å². The lowest BCUT2D eigenvalue weighted by Crippen LogP contribution is -2.44. The number of alkyl halides is 2. The largest absolute Gasteiger partial charge is 0.325 e. The Hall–Kier alpha value is -2.05. The minimum Gasteiger partial charge on any atom is -0.325 e. The Morgan fingerprint density at radius 3 is 2.48 bits per heavy atom. The van der Waals surface area contributed by atoms with Gasteiger partial charge in [0.2, 0.25) is 11.8 Å². The number of nitrogens with one attached hydrogen (secondary N) is 1. The second kappa shape index (κ2) is 7.90. The van der Waals surface area contributed by atoms with Crippen molar-refractivity contribution >= 4 is 23.2 Å². The van der Waals surface area contributed by atoms with Crippen molar-refractivity contribution in [2.45, 2.75) is 44.6 Å². The highest BCUT2D eigenvalue weighted by molar-refractivity contribution is 6.33. The van der Waals surface area contributed by atoms with E-state index in [9.17, 15) is 13.6 Å². The summed E-state index contributed by atoms with van der Waals surface area (Å²) in [5, 5.41) is 3.37. The summed E-state index contributed by atoms with van der Waals surface area (Å²) >= 11 is 6.26. The van der Waals surface area contributed by atoms with E-state index < -0.39 is 12.0 Å². The average Bonchev–Trinajstić information content (AvgIpc) is 2.62. The lowest BCUT2D eigenvalue weighted by Gasteiger charge is -2.31. The average molecular weight is 394 g/mol. The number of benzene rings is 1. The second-order valence-electron chi connectivity index (χ2n) is 7.04. The van der Waals surface area contributed by atoms with Gasteiger partial charge in [0.15, 0.2) is 0 Å². The molecule has 0 aliphatic heterocycles. The number of aryl methyl sites for hydroxylation is 1. The highest BCUT2D eigenvalue weighted by Gasteiger charge is 2.38. The summed E-state index contributed by atoms with van der Waals surface area (Å²) in [5.41, 5.74) is 9.15. The van der Waals surface area contributed by atoms with Gasteiger partial charge in [-0.3, -0.25) is 9.78 Å². The first-order chi connectivity index (χ1) is 12.8. The smallest absolute Gasteiger partial charge is 0.248 e. The molecule has 27 heavy (non-hydrogen) atoms. The van der Waals surface area contributed by atoms with E-state index in [2.05, 4.69) is 10.3 Å². The Kier molecular flexibility index (Phi) is 5.77. The maximum Gasteiger partial charge on any atom is 0.248 e. The molecule has 7 heteroatoms. The molecule has 4 nitrogen and oxygen atoms in total. The predicted molar refractivity (Wildman–Crippen MR) is 103 cm³/mol. The van der Waals surface area contributed by atoms with Gasteiger partial charge in [0.25, 0.3) is 0 Å². The third-order valence-electron chi connectivity index (χ3n) is 5.10. The number of nitrogens with zero attached hydrogens (tertiary/aromatic N) is 1. The predicted octanol–water partition coefficient (Wildman–Crippen LogP) is 4.80. The molecular formula is C20H22ClF2N3O. The fourth-order valence-electron chi connectivity index (χ4n) is 3.46. The van der Waals surface area contributed by atoms with Gasteiger partial charge in [-0.05, 0) is 49.4 Å². The van der Waals surface area contributed by atoms with Crippen LogP contribution in [0.5, 0.6) is 0 Å². The van der Waals surface area contributed by atoms with E-state index in [4.69, 9.17) is 17.3 Å². The summed E-state index contributed by atoms with van der Waals surface area (Å²) in [5.74, 6) is -3.21. The molecule has 0 spiro atoms. The summed E-state index contributed by atoms with van der Waals surface area (Å²) in [6.07, 6.45) is 1.76. The molecule has 1 aliphatic carbocycles. The zero-order chi connectivity index (χ0) is 19.6. The first-order valence-electron chi connectivity index (χ1n) is 8.93. The first-order valence-corrected chi connectivity index (χ1v) is 9.30. The van der Waals surface area contributed by atoms with E-state index in [1.807, 2.05) is 19.1 Å². The molecule has 1 aliphatic rings. The van der Waals surface area contributed by atoms with Crippen LogP contribution in [-0.4, -0.2) is 22.9 Å². The number of anilines is 1. The molecule has 1 heterocycles. The lowest BCUT2D eigenvalue weighted by molar-refractivity contribution is -0.120. The quantitative estimate of drug-likeness (QED) is 0.783. The third-order valence-corrected chi connectivity index (χ3v) is 5.42. The van der Waals surface area contributed by atoms with Crippen LogP contribution in [0.2, 0.25) is 5.02 Å². The molecule has 1 fully saturated rings. The van der Waals surface area contributed by atoms with E-state index in [0.29, 0.717) is 10.7 Å². The normalized spacial score (nSPS) is 18.1. The molecule has 1 atom stereocenters. The number of hydrogen-bond acceptors (Lipinski definition) is 3. The Balaban J connectivity index is 1.65. The fraction of sp³-hybridized carbons (Fsp3) is 0.400. The zero-order valence-corrected chi connectivity index (χ0v) is 15.8. The minimum absolute atomic E-state index is 0.210. The van der Waals surface area contributed by atoms with Gasteiger partial charge in [-0.1, -0.05) is 23.7 Å². The molecule has 0 radical (unpaired) electrons. The van der Waals surface area contributed by atoms with Crippen molar-refractivity contribution in [1.29, 1.82) is 0 Å². The summed E-state index contributed by atoms with van der Waals surface area (Å²) in [4.78, 5) is 16.6. The van der Waals surface area contributed by atoms with E-state index >= 15 is 0 Å². The highest BCUT2D eigenvalue weighted by Crippen LogP contribution is 2.37. The van der Waals surface area contributed by atoms with Crippen molar-refractivity contribution in [3.05, 3.63) is 47.2 Å². The van der Waals surface area contributed by atoms with E-state index in [1.165, 1.54) is 0 Å². The summed E-state index contributed by atoms with van der Waals surface area (Å²) in [7, 11) is 0. The van der Waals surface area contributed by atoms with Crippen LogP contribution >= 0.6 is 11.6 Å². The van der Waals surface area contributed by atoms with Crippen molar-refractivity contribution in [2.75, 3.05) is 5.32 Å². The monoisotopic (exact) mass is 393 g/mol. The molecule has 1 unspecified atom stereocenters. The Labute approximate surface area is 162 Å². The van der Waals surface area contributed by atoms with Gasteiger partial charge >= 0.3 is 0 Å². The Morgan fingerprint density at radius 1 is 1.26 bits per heavy atom. The van der Waals surface area contributed by atoms with Crippen LogP contribution < -0.4 is 11.1 Å². The van der Waals surface area contributed by atoms with E-state index in [1.54, 1.807) is 24.4 Å². The summed E-state index contributed by atoms with van der Waals surface area (Å²) < 4.78 is 26.5. The molecule has 0 saturated heterocycles. The molecular weight excluding hydrogens is 372 g/mol. The van der Waals surface area contributed by atoms with Crippen molar-refractivity contribution in [3.63, 3.8) is 0 Å². The maximum atomic E-state index is 13.3. The number of carbonyl (C=O) groups is 1. The summed E-state index contributed by atoms with van der Waals surface area (Å²) in [6.45, 7) is 1.88. The van der Waals surface area contributed by atoms with Crippen molar-refractivity contribution in [2.24, 2.45) is 11.7 Å². The number of aromatic nitrogens is 1. The number of nitrogens with two attached hydrogens (primary N) is 1. The van der Waals surface area contributed by atoms with Crippen molar-refractivity contribution in [3.8, 4) is 11.1 Å².